The second-order valence-corrected chi connectivity index (χ2v) is 7.09. The summed E-state index contributed by atoms with van der Waals surface area (Å²) in [6.07, 6.45) is 0. The van der Waals surface area contributed by atoms with Gasteiger partial charge in [-0.25, -0.2) is 0 Å². The molecule has 0 amide bonds. The van der Waals surface area contributed by atoms with Gasteiger partial charge in [0.25, 0.3) is 0 Å². The molecular formula is C28H27ClZr. The summed E-state index contributed by atoms with van der Waals surface area (Å²) >= 11 is 6.83. The Kier molecular flexibility index (Phi) is 10.7. The van der Waals surface area contributed by atoms with Gasteiger partial charge >= 0.3 is 28.4 Å². The van der Waals surface area contributed by atoms with Crippen molar-refractivity contribution in [2.24, 2.45) is 0 Å². The summed E-state index contributed by atoms with van der Waals surface area (Å²) < 4.78 is 3.34. The second-order valence-electron chi connectivity index (χ2n) is 6.83. The monoisotopic (exact) mass is 488 g/mol. The van der Waals surface area contributed by atoms with Gasteiger partial charge in [0.1, 0.15) is 0 Å². The first-order valence-corrected chi connectivity index (χ1v) is 12.1. The Labute approximate surface area is 200 Å². The molecule has 0 N–H and O–H groups in total. The number of hydrogen-bond donors (Lipinski definition) is 0. The predicted octanol–water partition coefficient (Wildman–Crippen LogP) is 8.12. The minimum absolute atomic E-state index is 0.612. The predicted molar refractivity (Wildman–Crippen MR) is 132 cm³/mol. The van der Waals surface area contributed by atoms with E-state index in [4.69, 9.17) is 11.6 Å². The van der Waals surface area contributed by atoms with Crippen LogP contribution >= 0.6 is 11.6 Å². The average molecular weight is 490 g/mol. The Hall–Kier alpha value is -2.08. The molecule has 0 nitrogen and oxygen atoms in total. The van der Waals surface area contributed by atoms with Gasteiger partial charge in [-0.1, -0.05) is 53.6 Å². The molecule has 0 saturated heterocycles. The van der Waals surface area contributed by atoms with Crippen molar-refractivity contribution in [2.75, 3.05) is 0 Å². The molecule has 0 aliphatic carbocycles. The van der Waals surface area contributed by atoms with Crippen molar-refractivity contribution in [1.29, 1.82) is 0 Å². The van der Waals surface area contributed by atoms with Gasteiger partial charge in [0.05, 0.1) is 0 Å². The van der Waals surface area contributed by atoms with Crippen LogP contribution in [0.1, 0.15) is 16.7 Å². The molecule has 0 unspecified atom stereocenters. The molecule has 5 rings (SSSR count). The first-order valence-electron chi connectivity index (χ1n) is 9.86. The van der Waals surface area contributed by atoms with E-state index in [1.165, 1.54) is 62.5 Å². The summed E-state index contributed by atoms with van der Waals surface area (Å²) in [6.45, 7) is 4.28. The van der Waals surface area contributed by atoms with Gasteiger partial charge < -0.3 is 0 Å². The molecule has 0 heterocycles. The fraction of sp³-hybridized carbons (Fsp3) is 0.107. The van der Waals surface area contributed by atoms with Crippen LogP contribution < -0.4 is 0 Å². The van der Waals surface area contributed by atoms with Crippen molar-refractivity contribution in [3.63, 3.8) is 0 Å². The Morgan fingerprint density at radius 2 is 1.13 bits per heavy atom. The van der Waals surface area contributed by atoms with E-state index in [1.54, 1.807) is 0 Å². The van der Waals surface area contributed by atoms with Crippen LogP contribution in [0.25, 0.3) is 21.5 Å². The summed E-state index contributed by atoms with van der Waals surface area (Å²) in [6, 6.07) is 35.5. The number of halogens is 1. The van der Waals surface area contributed by atoms with Crippen LogP contribution in [0.2, 0.25) is 0 Å². The molecule has 0 bridgehead atoms. The van der Waals surface area contributed by atoms with E-state index < -0.39 is 0 Å². The number of hydrogen-bond acceptors (Lipinski definition) is 0. The Balaban J connectivity index is 0.000000155. The van der Waals surface area contributed by atoms with Crippen molar-refractivity contribution < 1.29 is 24.2 Å². The molecule has 0 saturated carbocycles. The van der Waals surface area contributed by atoms with Crippen molar-refractivity contribution in [3.05, 3.63) is 120 Å². The summed E-state index contributed by atoms with van der Waals surface area (Å²) in [4.78, 5) is 0. The van der Waals surface area contributed by atoms with Gasteiger partial charge in [-0.2, -0.15) is 24.3 Å². The molecule has 0 aliphatic rings. The normalized spacial score (nSPS) is 9.63. The molecule has 5 aromatic rings. The van der Waals surface area contributed by atoms with Crippen LogP contribution in [0.15, 0.2) is 103 Å². The van der Waals surface area contributed by atoms with Gasteiger partial charge in [0.2, 0.25) is 0 Å². The first-order chi connectivity index (χ1) is 14.7. The zero-order valence-electron chi connectivity index (χ0n) is 17.6. The van der Waals surface area contributed by atoms with Crippen LogP contribution in [0, 0.1) is 13.8 Å². The fourth-order valence-corrected chi connectivity index (χ4v) is 3.39. The molecule has 0 fully saturated rings. The minimum atomic E-state index is 0.612. The maximum atomic E-state index is 5.53. The van der Waals surface area contributed by atoms with E-state index in [-0.39, 0.29) is 0 Å². The van der Waals surface area contributed by atoms with Gasteiger partial charge in [-0.05, 0) is 19.4 Å². The standard InChI is InChI=1S/2C10H9.C7H7Cl.CH2.Zr/c2*1-8-4-2-5-9-6-3-7-10(8)9;8-6-7-4-2-1-3-5-7;;/h2*2-7H,1H3;1-5H,6H2;1H2;/q2*-1;;;+2. The molecule has 0 aliphatic heterocycles. The van der Waals surface area contributed by atoms with Gasteiger partial charge in [0.15, 0.2) is 0 Å². The van der Waals surface area contributed by atoms with Crippen molar-refractivity contribution in [1.82, 2.24) is 0 Å². The zero-order chi connectivity index (χ0) is 21.8. The van der Waals surface area contributed by atoms with Gasteiger partial charge in [0, 0.05) is 5.88 Å². The van der Waals surface area contributed by atoms with E-state index in [1.807, 2.05) is 30.3 Å². The van der Waals surface area contributed by atoms with Crippen LogP contribution in [-0.2, 0) is 30.1 Å². The molecule has 0 atom stereocenters. The molecule has 0 aromatic heterocycles. The third-order valence-electron chi connectivity index (χ3n) is 4.79. The van der Waals surface area contributed by atoms with Gasteiger partial charge in [-0.3, -0.25) is 0 Å². The van der Waals surface area contributed by atoms with E-state index in [2.05, 4.69) is 90.9 Å². The zero-order valence-corrected chi connectivity index (χ0v) is 20.8. The summed E-state index contributed by atoms with van der Waals surface area (Å²) in [5, 5.41) is 5.45. The molecule has 2 heteroatoms. The summed E-state index contributed by atoms with van der Waals surface area (Å²) in [5.41, 5.74) is 3.90. The van der Waals surface area contributed by atoms with Crippen LogP contribution in [-0.4, -0.2) is 4.21 Å². The van der Waals surface area contributed by atoms with E-state index in [0.717, 1.165) is 0 Å². The summed E-state index contributed by atoms with van der Waals surface area (Å²) in [5.74, 6) is 0.612. The van der Waals surface area contributed by atoms with Crippen LogP contribution in [0.5, 0.6) is 0 Å². The third-order valence-corrected chi connectivity index (χ3v) is 5.10. The van der Waals surface area contributed by atoms with Crippen molar-refractivity contribution in [2.45, 2.75) is 19.7 Å². The molecule has 0 radical (unpaired) electrons. The molecule has 5 aromatic carbocycles. The summed E-state index contributed by atoms with van der Waals surface area (Å²) in [7, 11) is 0. The number of benzene rings is 3. The first kappa shape index (κ1) is 24.2. The second kappa shape index (κ2) is 13.3. The van der Waals surface area contributed by atoms with Crippen LogP contribution in [0.3, 0.4) is 0 Å². The molecular weight excluding hydrogens is 463 g/mol. The third kappa shape index (κ3) is 7.01. The van der Waals surface area contributed by atoms with Gasteiger partial charge in [-0.15, -0.1) is 69.5 Å². The van der Waals surface area contributed by atoms with Crippen molar-refractivity contribution >= 4 is 37.4 Å². The number of aryl methyl sites for hydroxylation is 2. The average Bonchev–Trinajstić information content (AvgIpc) is 3.48. The van der Waals surface area contributed by atoms with E-state index in [9.17, 15) is 0 Å². The molecule has 30 heavy (non-hydrogen) atoms. The Morgan fingerprint density at radius 1 is 0.667 bits per heavy atom. The number of rotatable bonds is 1. The van der Waals surface area contributed by atoms with E-state index >= 15 is 0 Å². The van der Waals surface area contributed by atoms with Crippen LogP contribution in [0.4, 0.5) is 0 Å². The Bertz CT molecular complexity index is 1060. The Morgan fingerprint density at radius 3 is 1.50 bits per heavy atom. The molecule has 150 valence electrons. The quantitative estimate of drug-likeness (QED) is 0.165. The SMILES string of the molecule is Cc1cccc2[cH-]ccc12.Cc1cccc2[cH-]ccc12.ClCc1ccccc1.[CH2]=[Zr+2]. The van der Waals surface area contributed by atoms with E-state index in [0.29, 0.717) is 5.88 Å². The number of fused-ring (bicyclic) bond motifs is 2. The number of alkyl halides is 1. The van der Waals surface area contributed by atoms with Crippen molar-refractivity contribution in [3.8, 4) is 0 Å². The maximum absolute atomic E-state index is 5.53. The molecule has 0 spiro atoms. The fourth-order valence-electron chi connectivity index (χ4n) is 3.22. The topological polar surface area (TPSA) is 0 Å².